The fourth-order valence-corrected chi connectivity index (χ4v) is 5.46. The number of amides is 1. The largest absolute Gasteiger partial charge is 0.550 e. The van der Waals surface area contributed by atoms with Crippen molar-refractivity contribution in [3.63, 3.8) is 0 Å². The highest BCUT2D eigenvalue weighted by molar-refractivity contribution is 7.17. The van der Waals surface area contributed by atoms with E-state index in [1.54, 1.807) is 6.92 Å². The summed E-state index contributed by atoms with van der Waals surface area (Å²) in [4.78, 5) is 38.0. The lowest BCUT2D eigenvalue weighted by molar-refractivity contribution is -0.313. The summed E-state index contributed by atoms with van der Waals surface area (Å²) in [5.41, 5.74) is 1.46. The predicted octanol–water partition coefficient (Wildman–Crippen LogP) is 2.69. The van der Waals surface area contributed by atoms with Crippen LogP contribution >= 0.6 is 11.3 Å². The zero-order valence-electron chi connectivity index (χ0n) is 15.7. The topological polar surface area (TPSA) is 95.5 Å². The SMILES string of the molecule is CCOC(=O)c1c(NC(=O)[C@H]2CCCC[C@@H]2C(=O)[O-])sc2c1CCCCC2. The van der Waals surface area contributed by atoms with Crippen LogP contribution in [0, 0.1) is 11.8 Å². The number of ether oxygens (including phenoxy) is 1. The average molecular weight is 392 g/mol. The second-order valence-corrected chi connectivity index (χ2v) is 8.40. The molecule has 0 unspecified atom stereocenters. The minimum atomic E-state index is -1.16. The molecule has 0 spiro atoms. The van der Waals surface area contributed by atoms with Crippen molar-refractivity contribution < 1.29 is 24.2 Å². The van der Waals surface area contributed by atoms with Crippen molar-refractivity contribution in [1.29, 1.82) is 0 Å². The van der Waals surface area contributed by atoms with Gasteiger partial charge in [-0.05, 0) is 51.0 Å². The number of carboxylic acid groups (broad SMARTS) is 1. The summed E-state index contributed by atoms with van der Waals surface area (Å²) in [5.74, 6) is -3.27. The summed E-state index contributed by atoms with van der Waals surface area (Å²) in [7, 11) is 0. The van der Waals surface area contributed by atoms with Gasteiger partial charge in [0.1, 0.15) is 5.00 Å². The Morgan fingerprint density at radius 2 is 1.78 bits per heavy atom. The first-order valence-electron chi connectivity index (χ1n) is 9.86. The number of aliphatic carboxylic acids is 1. The second kappa shape index (κ2) is 8.87. The smallest absolute Gasteiger partial charge is 0.341 e. The molecule has 3 rings (SSSR count). The quantitative estimate of drug-likeness (QED) is 0.614. The molecule has 1 heterocycles. The minimum absolute atomic E-state index is 0.270. The van der Waals surface area contributed by atoms with Crippen LogP contribution in [0.2, 0.25) is 0 Å². The number of fused-ring (bicyclic) bond motifs is 1. The molecule has 1 fully saturated rings. The van der Waals surface area contributed by atoms with E-state index < -0.39 is 23.8 Å². The van der Waals surface area contributed by atoms with Crippen molar-refractivity contribution in [2.75, 3.05) is 11.9 Å². The van der Waals surface area contributed by atoms with Gasteiger partial charge < -0.3 is 20.0 Å². The lowest BCUT2D eigenvalue weighted by atomic mass is 9.79. The van der Waals surface area contributed by atoms with Gasteiger partial charge in [-0.3, -0.25) is 4.79 Å². The van der Waals surface area contributed by atoms with E-state index in [0.717, 1.165) is 55.4 Å². The van der Waals surface area contributed by atoms with E-state index in [-0.39, 0.29) is 12.5 Å². The molecule has 2 atom stereocenters. The van der Waals surface area contributed by atoms with Crippen molar-refractivity contribution in [3.05, 3.63) is 16.0 Å². The maximum Gasteiger partial charge on any atom is 0.341 e. The first-order valence-corrected chi connectivity index (χ1v) is 10.7. The van der Waals surface area contributed by atoms with E-state index in [1.807, 2.05) is 0 Å². The Labute approximate surface area is 163 Å². The predicted molar refractivity (Wildman–Crippen MR) is 101 cm³/mol. The number of carbonyl (C=O) groups is 3. The Balaban J connectivity index is 1.88. The van der Waals surface area contributed by atoms with Gasteiger partial charge in [0.05, 0.1) is 12.2 Å². The molecular weight excluding hydrogens is 366 g/mol. The first-order chi connectivity index (χ1) is 13.0. The Morgan fingerprint density at radius 3 is 2.48 bits per heavy atom. The number of hydrogen-bond acceptors (Lipinski definition) is 6. The molecule has 2 aliphatic carbocycles. The second-order valence-electron chi connectivity index (χ2n) is 7.29. The van der Waals surface area contributed by atoms with Gasteiger partial charge in [0.25, 0.3) is 0 Å². The molecule has 0 bridgehead atoms. The molecule has 0 radical (unpaired) electrons. The lowest BCUT2D eigenvalue weighted by Crippen LogP contribution is -2.42. The number of rotatable bonds is 5. The van der Waals surface area contributed by atoms with E-state index in [1.165, 1.54) is 11.3 Å². The number of hydrogen-bond donors (Lipinski definition) is 1. The number of nitrogens with one attached hydrogen (secondary N) is 1. The number of esters is 1. The molecule has 0 saturated heterocycles. The van der Waals surface area contributed by atoms with E-state index in [0.29, 0.717) is 23.4 Å². The minimum Gasteiger partial charge on any atom is -0.550 e. The molecule has 2 aliphatic rings. The van der Waals surface area contributed by atoms with Gasteiger partial charge in [-0.15, -0.1) is 11.3 Å². The fraction of sp³-hybridized carbons (Fsp3) is 0.650. The highest BCUT2D eigenvalue weighted by Crippen LogP contribution is 2.39. The van der Waals surface area contributed by atoms with Crippen LogP contribution in [0.15, 0.2) is 0 Å². The molecule has 1 N–H and O–H groups in total. The zero-order valence-corrected chi connectivity index (χ0v) is 16.5. The third-order valence-electron chi connectivity index (χ3n) is 5.54. The normalized spacial score (nSPS) is 22.4. The summed E-state index contributed by atoms with van der Waals surface area (Å²) >= 11 is 1.44. The molecule has 27 heavy (non-hydrogen) atoms. The summed E-state index contributed by atoms with van der Waals surface area (Å²) in [6.45, 7) is 2.03. The molecule has 148 valence electrons. The zero-order chi connectivity index (χ0) is 19.4. The third kappa shape index (κ3) is 4.34. The van der Waals surface area contributed by atoms with E-state index >= 15 is 0 Å². The Bertz CT molecular complexity index is 726. The monoisotopic (exact) mass is 392 g/mol. The van der Waals surface area contributed by atoms with E-state index in [2.05, 4.69) is 5.32 Å². The van der Waals surface area contributed by atoms with Gasteiger partial charge in [0.2, 0.25) is 5.91 Å². The van der Waals surface area contributed by atoms with Crippen molar-refractivity contribution in [1.82, 2.24) is 0 Å². The number of thiophene rings is 1. The Morgan fingerprint density at radius 1 is 1.07 bits per heavy atom. The molecule has 1 aromatic heterocycles. The Hall–Kier alpha value is -1.89. The van der Waals surface area contributed by atoms with Gasteiger partial charge in [0.15, 0.2) is 0 Å². The van der Waals surface area contributed by atoms with Crippen LogP contribution in [-0.4, -0.2) is 24.5 Å². The van der Waals surface area contributed by atoms with Crippen molar-refractivity contribution in [2.24, 2.45) is 11.8 Å². The van der Waals surface area contributed by atoms with Crippen LogP contribution in [0.4, 0.5) is 5.00 Å². The van der Waals surface area contributed by atoms with E-state index in [4.69, 9.17) is 4.74 Å². The molecule has 6 nitrogen and oxygen atoms in total. The molecule has 0 aliphatic heterocycles. The van der Waals surface area contributed by atoms with Gasteiger partial charge >= 0.3 is 5.97 Å². The van der Waals surface area contributed by atoms with Gasteiger partial charge in [0, 0.05) is 22.7 Å². The maximum atomic E-state index is 12.8. The molecule has 7 heteroatoms. The number of carboxylic acids is 1. The summed E-state index contributed by atoms with van der Waals surface area (Å²) in [6.07, 6.45) is 7.53. The van der Waals surface area contributed by atoms with Crippen molar-refractivity contribution in [3.8, 4) is 0 Å². The number of aryl methyl sites for hydroxylation is 1. The standard InChI is InChI=1S/C20H27NO5S/c1-2-26-20(25)16-14-10-4-3-5-11-15(14)27-18(16)21-17(22)12-8-6-7-9-13(12)19(23)24/h12-13H,2-11H2,1H3,(H,21,22)(H,23,24)/p-1/t12-,13-/m0/s1. The molecule has 1 aromatic rings. The molecule has 0 aromatic carbocycles. The number of carbonyl (C=O) groups excluding carboxylic acids is 3. The van der Waals surface area contributed by atoms with E-state index in [9.17, 15) is 19.5 Å². The fourth-order valence-electron chi connectivity index (χ4n) is 4.18. The summed E-state index contributed by atoms with van der Waals surface area (Å²) in [5, 5.41) is 14.8. The number of anilines is 1. The lowest BCUT2D eigenvalue weighted by Gasteiger charge is -2.31. The Kier molecular flexibility index (Phi) is 6.52. The van der Waals surface area contributed by atoms with Crippen molar-refractivity contribution >= 4 is 34.2 Å². The summed E-state index contributed by atoms with van der Waals surface area (Å²) < 4.78 is 5.23. The molecule has 1 amide bonds. The van der Waals surface area contributed by atoms with Gasteiger partial charge in [-0.25, -0.2) is 4.79 Å². The van der Waals surface area contributed by atoms with Gasteiger partial charge in [-0.1, -0.05) is 19.3 Å². The average Bonchev–Trinajstić information content (AvgIpc) is 2.82. The van der Waals surface area contributed by atoms with Crippen LogP contribution in [0.5, 0.6) is 0 Å². The summed E-state index contributed by atoms with van der Waals surface area (Å²) in [6, 6.07) is 0. The van der Waals surface area contributed by atoms with Crippen LogP contribution < -0.4 is 10.4 Å². The van der Waals surface area contributed by atoms with Crippen molar-refractivity contribution in [2.45, 2.75) is 64.7 Å². The third-order valence-corrected chi connectivity index (χ3v) is 6.75. The van der Waals surface area contributed by atoms with Gasteiger partial charge in [-0.2, -0.15) is 0 Å². The molecular formula is C20H26NO5S-. The maximum absolute atomic E-state index is 12.8. The van der Waals surface area contributed by atoms with Crippen LogP contribution in [0.1, 0.15) is 72.7 Å². The first kappa shape index (κ1) is 19.9. The van der Waals surface area contributed by atoms with Crippen LogP contribution in [0.3, 0.4) is 0 Å². The van der Waals surface area contributed by atoms with Crippen LogP contribution in [0.25, 0.3) is 0 Å². The molecule has 1 saturated carbocycles. The highest BCUT2D eigenvalue weighted by Gasteiger charge is 2.34. The van der Waals surface area contributed by atoms with Crippen LogP contribution in [-0.2, 0) is 27.2 Å². The highest BCUT2D eigenvalue weighted by atomic mass is 32.1.